The molecule has 30 heavy (non-hydrogen) atoms. The number of nitrogens with zero attached hydrogens (tertiary/aromatic N) is 2. The maximum atomic E-state index is 12.5. The molecule has 8 heteroatoms. The minimum absolute atomic E-state index is 0. The lowest BCUT2D eigenvalue weighted by Gasteiger charge is -2.36. The fourth-order valence-electron chi connectivity index (χ4n) is 3.55. The Morgan fingerprint density at radius 2 is 1.80 bits per heavy atom. The molecule has 0 bridgehead atoms. The van der Waals surface area contributed by atoms with Gasteiger partial charge in [-0.15, -0.1) is 24.8 Å². The van der Waals surface area contributed by atoms with E-state index in [1.165, 1.54) is 0 Å². The van der Waals surface area contributed by atoms with Gasteiger partial charge in [0.25, 0.3) is 0 Å². The SMILES string of the molecule is CC1CN(c2ccc(CNC(=O)C(C)C(N)c3ccccc3)cn2)CC(C)O1.Cl.Cl. The maximum Gasteiger partial charge on any atom is 0.225 e. The number of ether oxygens (including phenoxy) is 1. The van der Waals surface area contributed by atoms with Crippen molar-refractivity contribution in [1.82, 2.24) is 10.3 Å². The zero-order chi connectivity index (χ0) is 20.1. The summed E-state index contributed by atoms with van der Waals surface area (Å²) in [5, 5.41) is 2.97. The Balaban J connectivity index is 0.00000225. The van der Waals surface area contributed by atoms with Crippen LogP contribution in [0.15, 0.2) is 48.7 Å². The number of anilines is 1. The summed E-state index contributed by atoms with van der Waals surface area (Å²) in [6.45, 7) is 8.12. The Kier molecular flexibility index (Phi) is 10.6. The summed E-state index contributed by atoms with van der Waals surface area (Å²) < 4.78 is 5.77. The predicted molar refractivity (Wildman–Crippen MR) is 125 cm³/mol. The lowest BCUT2D eigenvalue weighted by atomic mass is 9.94. The predicted octanol–water partition coefficient (Wildman–Crippen LogP) is 3.49. The molecule has 1 aromatic carbocycles. The Hall–Kier alpha value is -1.86. The maximum absolute atomic E-state index is 12.5. The third kappa shape index (κ3) is 6.84. The quantitative estimate of drug-likeness (QED) is 0.697. The van der Waals surface area contributed by atoms with Crippen LogP contribution < -0.4 is 16.0 Å². The van der Waals surface area contributed by atoms with E-state index in [0.717, 1.165) is 30.0 Å². The lowest BCUT2D eigenvalue weighted by molar-refractivity contribution is -0.125. The van der Waals surface area contributed by atoms with E-state index in [2.05, 4.69) is 29.0 Å². The molecule has 3 N–H and O–H groups in total. The smallest absolute Gasteiger partial charge is 0.225 e. The first-order valence-corrected chi connectivity index (χ1v) is 9.87. The van der Waals surface area contributed by atoms with Gasteiger partial charge in [0, 0.05) is 31.9 Å². The minimum atomic E-state index is -0.327. The van der Waals surface area contributed by atoms with Gasteiger partial charge in [0.2, 0.25) is 5.91 Å². The first kappa shape index (κ1) is 26.2. The summed E-state index contributed by atoms with van der Waals surface area (Å²) in [6, 6.07) is 13.4. The average molecular weight is 455 g/mol. The third-order valence-electron chi connectivity index (χ3n) is 5.16. The number of carbonyl (C=O) groups is 1. The molecule has 1 amide bonds. The number of morpholine rings is 1. The number of carbonyl (C=O) groups excluding carboxylic acids is 1. The number of nitrogens with one attached hydrogen (secondary N) is 1. The highest BCUT2D eigenvalue weighted by Crippen LogP contribution is 2.20. The van der Waals surface area contributed by atoms with Crippen molar-refractivity contribution in [2.45, 2.75) is 45.6 Å². The number of pyridine rings is 1. The fourth-order valence-corrected chi connectivity index (χ4v) is 3.55. The Morgan fingerprint density at radius 1 is 1.17 bits per heavy atom. The molecular formula is C22H32Cl2N4O2. The number of nitrogens with two attached hydrogens (primary N) is 1. The second-order valence-electron chi connectivity index (χ2n) is 7.63. The number of halogens is 2. The number of hydrogen-bond donors (Lipinski definition) is 2. The van der Waals surface area contributed by atoms with Crippen molar-refractivity contribution in [3.8, 4) is 0 Å². The molecule has 1 saturated heterocycles. The van der Waals surface area contributed by atoms with Crippen LogP contribution in [0, 0.1) is 5.92 Å². The van der Waals surface area contributed by atoms with E-state index in [4.69, 9.17) is 10.5 Å². The van der Waals surface area contributed by atoms with Crippen LogP contribution in [0.5, 0.6) is 0 Å². The molecule has 3 rings (SSSR count). The molecule has 166 valence electrons. The summed E-state index contributed by atoms with van der Waals surface area (Å²) in [4.78, 5) is 19.3. The van der Waals surface area contributed by atoms with Gasteiger partial charge in [0.1, 0.15) is 5.82 Å². The van der Waals surface area contributed by atoms with Crippen molar-refractivity contribution in [2.24, 2.45) is 11.7 Å². The summed E-state index contributed by atoms with van der Waals surface area (Å²) >= 11 is 0. The summed E-state index contributed by atoms with van der Waals surface area (Å²) in [5.41, 5.74) is 8.17. The second kappa shape index (κ2) is 12.1. The van der Waals surface area contributed by atoms with Crippen molar-refractivity contribution >= 4 is 36.5 Å². The van der Waals surface area contributed by atoms with Crippen molar-refractivity contribution in [3.05, 3.63) is 59.8 Å². The highest BCUT2D eigenvalue weighted by atomic mass is 35.5. The molecule has 4 unspecified atom stereocenters. The molecule has 0 radical (unpaired) electrons. The zero-order valence-electron chi connectivity index (χ0n) is 17.7. The molecule has 1 aliphatic heterocycles. The van der Waals surface area contributed by atoms with Crippen molar-refractivity contribution in [3.63, 3.8) is 0 Å². The zero-order valence-corrected chi connectivity index (χ0v) is 19.3. The van der Waals surface area contributed by atoms with Crippen LogP contribution in [0.3, 0.4) is 0 Å². The van der Waals surface area contributed by atoms with E-state index in [1.807, 2.05) is 55.6 Å². The Morgan fingerprint density at radius 3 is 2.37 bits per heavy atom. The van der Waals surface area contributed by atoms with E-state index in [9.17, 15) is 4.79 Å². The van der Waals surface area contributed by atoms with Crippen LogP contribution in [0.25, 0.3) is 0 Å². The molecule has 1 aliphatic rings. The summed E-state index contributed by atoms with van der Waals surface area (Å²) in [5.74, 6) is 0.568. The molecule has 0 aliphatic carbocycles. The van der Waals surface area contributed by atoms with E-state index < -0.39 is 0 Å². The summed E-state index contributed by atoms with van der Waals surface area (Å²) in [7, 11) is 0. The summed E-state index contributed by atoms with van der Waals surface area (Å²) in [6.07, 6.45) is 2.21. The van der Waals surface area contributed by atoms with E-state index >= 15 is 0 Å². The van der Waals surface area contributed by atoms with E-state index in [1.54, 1.807) is 0 Å². The molecule has 1 fully saturated rings. The second-order valence-corrected chi connectivity index (χ2v) is 7.63. The highest BCUT2D eigenvalue weighted by Gasteiger charge is 2.23. The van der Waals surface area contributed by atoms with E-state index in [-0.39, 0.29) is 54.9 Å². The number of rotatable bonds is 6. The van der Waals surface area contributed by atoms with Crippen LogP contribution in [0.4, 0.5) is 5.82 Å². The van der Waals surface area contributed by atoms with Gasteiger partial charge in [-0.2, -0.15) is 0 Å². The standard InChI is InChI=1S/C22H30N4O2.2ClH/c1-15-13-26(14-16(2)28-15)20-10-9-18(11-24-20)12-25-22(27)17(3)21(23)19-7-5-4-6-8-19;;/h4-11,15-17,21H,12-14,23H2,1-3H3,(H,25,27);2*1H. The Bertz CT molecular complexity index is 766. The van der Waals surface area contributed by atoms with Crippen molar-refractivity contribution < 1.29 is 9.53 Å². The topological polar surface area (TPSA) is 80.5 Å². The molecular weight excluding hydrogens is 423 g/mol. The van der Waals surface area contributed by atoms with Crippen molar-refractivity contribution in [2.75, 3.05) is 18.0 Å². The van der Waals surface area contributed by atoms with Gasteiger partial charge < -0.3 is 20.7 Å². The van der Waals surface area contributed by atoms with Gasteiger partial charge in [-0.25, -0.2) is 4.98 Å². The molecule has 2 aromatic rings. The number of amides is 1. The van der Waals surface area contributed by atoms with Crippen LogP contribution in [0.1, 0.15) is 37.9 Å². The molecule has 0 saturated carbocycles. The lowest BCUT2D eigenvalue weighted by Crippen LogP contribution is -2.45. The van der Waals surface area contributed by atoms with Crippen LogP contribution in [-0.2, 0) is 16.1 Å². The fraction of sp³-hybridized carbons (Fsp3) is 0.455. The van der Waals surface area contributed by atoms with E-state index in [0.29, 0.717) is 6.54 Å². The first-order valence-electron chi connectivity index (χ1n) is 9.87. The van der Waals surface area contributed by atoms with Gasteiger partial charge in [0.05, 0.1) is 18.1 Å². The molecule has 4 atom stereocenters. The number of aromatic nitrogens is 1. The highest BCUT2D eigenvalue weighted by molar-refractivity contribution is 5.85. The molecule has 0 spiro atoms. The van der Waals surface area contributed by atoms with Gasteiger partial charge in [-0.05, 0) is 31.0 Å². The van der Waals surface area contributed by atoms with Gasteiger partial charge in [0.15, 0.2) is 0 Å². The average Bonchev–Trinajstić information content (AvgIpc) is 2.71. The third-order valence-corrected chi connectivity index (χ3v) is 5.16. The van der Waals surface area contributed by atoms with Crippen LogP contribution in [-0.4, -0.2) is 36.2 Å². The van der Waals surface area contributed by atoms with Crippen LogP contribution in [0.2, 0.25) is 0 Å². The van der Waals surface area contributed by atoms with Gasteiger partial charge >= 0.3 is 0 Å². The molecule has 1 aromatic heterocycles. The normalized spacial score (nSPS) is 20.3. The van der Waals surface area contributed by atoms with Crippen LogP contribution >= 0.6 is 24.8 Å². The van der Waals surface area contributed by atoms with Gasteiger partial charge in [-0.3, -0.25) is 4.79 Å². The monoisotopic (exact) mass is 454 g/mol. The van der Waals surface area contributed by atoms with Crippen molar-refractivity contribution in [1.29, 1.82) is 0 Å². The number of benzene rings is 1. The van der Waals surface area contributed by atoms with Gasteiger partial charge in [-0.1, -0.05) is 43.3 Å². The Labute approximate surface area is 191 Å². The molecule has 6 nitrogen and oxygen atoms in total. The molecule has 2 heterocycles. The first-order chi connectivity index (χ1) is 13.4. The number of hydrogen-bond acceptors (Lipinski definition) is 5. The minimum Gasteiger partial charge on any atom is -0.372 e. The largest absolute Gasteiger partial charge is 0.372 e.